The van der Waals surface area contributed by atoms with E-state index in [1.807, 2.05) is 6.92 Å². The van der Waals surface area contributed by atoms with E-state index in [0.29, 0.717) is 12.5 Å². The molecule has 0 aliphatic rings. The normalized spacial score (nSPS) is 14.3. The van der Waals surface area contributed by atoms with Gasteiger partial charge in [0.1, 0.15) is 4.90 Å². The van der Waals surface area contributed by atoms with Gasteiger partial charge in [-0.05, 0) is 19.3 Å². The molecule has 0 amide bonds. The van der Waals surface area contributed by atoms with E-state index < -0.39 is 10.0 Å². The highest BCUT2D eigenvalue weighted by atomic mass is 32.2. The summed E-state index contributed by atoms with van der Waals surface area (Å²) in [6.45, 7) is 6.25. The minimum Gasteiger partial charge on any atom is -0.394 e. The second-order valence-corrected chi connectivity index (χ2v) is 7.16. The predicted molar refractivity (Wildman–Crippen MR) is 73.2 cm³/mol. The third-order valence-corrected chi connectivity index (χ3v) is 4.97. The third-order valence-electron chi connectivity index (χ3n) is 3.05. The van der Waals surface area contributed by atoms with Crippen LogP contribution in [-0.2, 0) is 16.6 Å². The molecule has 0 radical (unpaired) electrons. The topological polar surface area (TPSA) is 75.4 Å². The number of hydrogen-bond acceptors (Lipinski definition) is 4. The Morgan fingerprint density at radius 2 is 2.05 bits per heavy atom. The summed E-state index contributed by atoms with van der Waals surface area (Å²) in [4.78, 5) is 0.166. The summed E-state index contributed by atoms with van der Waals surface area (Å²) < 4.78 is 27.6. The third kappa shape index (κ3) is 4.02. The van der Waals surface area contributed by atoms with Crippen molar-refractivity contribution in [2.45, 2.75) is 44.7 Å². The van der Waals surface area contributed by atoms with Crippen molar-refractivity contribution >= 4 is 10.0 Å². The molecule has 7 heteroatoms. The largest absolute Gasteiger partial charge is 0.394 e. The van der Waals surface area contributed by atoms with Gasteiger partial charge in [0.15, 0.2) is 0 Å². The molecule has 0 fully saturated rings. The van der Waals surface area contributed by atoms with Crippen LogP contribution in [0, 0.1) is 5.92 Å². The molecule has 1 atom stereocenters. The molecule has 0 aliphatic carbocycles. The number of aliphatic hydroxyl groups excluding tert-OH is 1. The molecule has 0 spiro atoms. The monoisotopic (exact) mass is 289 g/mol. The maximum atomic E-state index is 12.4. The Morgan fingerprint density at radius 1 is 1.42 bits per heavy atom. The fourth-order valence-corrected chi connectivity index (χ4v) is 3.26. The van der Waals surface area contributed by atoms with Crippen molar-refractivity contribution in [2.75, 3.05) is 13.7 Å². The van der Waals surface area contributed by atoms with E-state index in [9.17, 15) is 8.42 Å². The van der Waals surface area contributed by atoms with E-state index in [4.69, 9.17) is 5.11 Å². The van der Waals surface area contributed by atoms with Crippen molar-refractivity contribution in [3.05, 3.63) is 12.4 Å². The molecule has 1 heterocycles. The smallest absolute Gasteiger partial charge is 0.246 e. The van der Waals surface area contributed by atoms with Gasteiger partial charge in [-0.25, -0.2) is 8.42 Å². The highest BCUT2D eigenvalue weighted by Gasteiger charge is 2.27. The molecule has 1 rings (SSSR count). The van der Waals surface area contributed by atoms with Crippen LogP contribution in [0.15, 0.2) is 17.3 Å². The van der Waals surface area contributed by atoms with Crippen LogP contribution >= 0.6 is 0 Å². The Kier molecular flexibility index (Phi) is 5.51. The summed E-state index contributed by atoms with van der Waals surface area (Å²) in [6.07, 6.45) is 3.58. The molecule has 1 N–H and O–H groups in total. The van der Waals surface area contributed by atoms with E-state index in [1.165, 1.54) is 21.4 Å². The standard InChI is InChI=1S/C12H23N3O3S/c1-10(2)7-11(3)14(4)19(17,18)12-8-13-15(9-12)5-6-16/h8-11,16H,5-7H2,1-4H3. The van der Waals surface area contributed by atoms with Gasteiger partial charge in [0.25, 0.3) is 0 Å². The highest BCUT2D eigenvalue weighted by Crippen LogP contribution is 2.19. The first-order valence-corrected chi connectivity index (χ1v) is 7.84. The molecular formula is C12H23N3O3S. The maximum Gasteiger partial charge on any atom is 0.246 e. The Bertz CT molecular complexity index is 496. The molecule has 110 valence electrons. The summed E-state index contributed by atoms with van der Waals surface area (Å²) in [7, 11) is -1.92. The second-order valence-electron chi connectivity index (χ2n) is 5.16. The van der Waals surface area contributed by atoms with Crippen molar-refractivity contribution in [2.24, 2.45) is 5.92 Å². The minimum absolute atomic E-state index is 0.0637. The van der Waals surface area contributed by atoms with Crippen LogP contribution < -0.4 is 0 Å². The zero-order chi connectivity index (χ0) is 14.6. The summed E-state index contributed by atoms with van der Waals surface area (Å²) in [5, 5.41) is 12.7. The van der Waals surface area contributed by atoms with Gasteiger partial charge in [-0.15, -0.1) is 0 Å². The van der Waals surface area contributed by atoms with Crippen LogP contribution in [0.2, 0.25) is 0 Å². The molecule has 1 aromatic rings. The first kappa shape index (κ1) is 16.1. The van der Waals surface area contributed by atoms with Gasteiger partial charge in [-0.2, -0.15) is 9.40 Å². The van der Waals surface area contributed by atoms with Gasteiger partial charge >= 0.3 is 0 Å². The Hall–Kier alpha value is -0.920. The van der Waals surface area contributed by atoms with E-state index in [2.05, 4.69) is 18.9 Å². The highest BCUT2D eigenvalue weighted by molar-refractivity contribution is 7.89. The first-order valence-electron chi connectivity index (χ1n) is 6.40. The molecule has 19 heavy (non-hydrogen) atoms. The molecule has 0 aromatic carbocycles. The van der Waals surface area contributed by atoms with Crippen LogP contribution in [0.25, 0.3) is 0 Å². The fourth-order valence-electron chi connectivity index (χ4n) is 1.94. The van der Waals surface area contributed by atoms with Crippen LogP contribution in [0.1, 0.15) is 27.2 Å². The van der Waals surface area contributed by atoms with Crippen LogP contribution in [0.5, 0.6) is 0 Å². The summed E-state index contributed by atoms with van der Waals surface area (Å²) in [5.74, 6) is 0.435. The number of aromatic nitrogens is 2. The van der Waals surface area contributed by atoms with Gasteiger partial charge < -0.3 is 5.11 Å². The van der Waals surface area contributed by atoms with Gasteiger partial charge in [-0.1, -0.05) is 13.8 Å². The summed E-state index contributed by atoms with van der Waals surface area (Å²) in [5.41, 5.74) is 0. The predicted octanol–water partition coefficient (Wildman–Crippen LogP) is 0.930. The molecule has 0 saturated carbocycles. The lowest BCUT2D eigenvalue weighted by atomic mass is 10.1. The van der Waals surface area contributed by atoms with Crippen molar-refractivity contribution < 1.29 is 13.5 Å². The molecule has 0 saturated heterocycles. The maximum absolute atomic E-state index is 12.4. The molecular weight excluding hydrogens is 266 g/mol. The zero-order valence-corrected chi connectivity index (χ0v) is 12.8. The second kappa shape index (κ2) is 6.49. The first-order chi connectivity index (χ1) is 8.78. The summed E-state index contributed by atoms with van der Waals surface area (Å²) in [6, 6.07) is -0.0637. The molecule has 1 unspecified atom stereocenters. The Morgan fingerprint density at radius 3 is 2.58 bits per heavy atom. The SMILES string of the molecule is CC(C)CC(C)N(C)S(=O)(=O)c1cnn(CCO)c1. The van der Waals surface area contributed by atoms with Crippen LogP contribution in [0.3, 0.4) is 0 Å². The lowest BCUT2D eigenvalue weighted by Crippen LogP contribution is -2.35. The molecule has 6 nitrogen and oxygen atoms in total. The van der Waals surface area contributed by atoms with Gasteiger partial charge in [0.2, 0.25) is 10.0 Å². The average Bonchev–Trinajstić information content (AvgIpc) is 2.76. The van der Waals surface area contributed by atoms with E-state index in [-0.39, 0.29) is 17.5 Å². The molecule has 1 aromatic heterocycles. The van der Waals surface area contributed by atoms with Crippen molar-refractivity contribution in [3.63, 3.8) is 0 Å². The lowest BCUT2D eigenvalue weighted by Gasteiger charge is -2.24. The fraction of sp³-hybridized carbons (Fsp3) is 0.750. The number of rotatable bonds is 7. The van der Waals surface area contributed by atoms with E-state index in [1.54, 1.807) is 7.05 Å². The van der Waals surface area contributed by atoms with Gasteiger partial charge in [0, 0.05) is 19.3 Å². The Labute approximate surface area is 115 Å². The number of aliphatic hydroxyl groups is 1. The van der Waals surface area contributed by atoms with Gasteiger partial charge in [0.05, 0.1) is 19.3 Å². The van der Waals surface area contributed by atoms with Crippen LogP contribution in [-0.4, -0.2) is 47.3 Å². The lowest BCUT2D eigenvalue weighted by molar-refractivity contribution is 0.269. The minimum atomic E-state index is -3.51. The van der Waals surface area contributed by atoms with E-state index in [0.717, 1.165) is 6.42 Å². The van der Waals surface area contributed by atoms with Crippen molar-refractivity contribution in [3.8, 4) is 0 Å². The quantitative estimate of drug-likeness (QED) is 0.810. The van der Waals surface area contributed by atoms with E-state index >= 15 is 0 Å². The number of sulfonamides is 1. The van der Waals surface area contributed by atoms with Gasteiger partial charge in [-0.3, -0.25) is 4.68 Å². The molecule has 0 aliphatic heterocycles. The zero-order valence-electron chi connectivity index (χ0n) is 11.9. The van der Waals surface area contributed by atoms with Crippen molar-refractivity contribution in [1.82, 2.24) is 14.1 Å². The van der Waals surface area contributed by atoms with Crippen molar-refractivity contribution in [1.29, 1.82) is 0 Å². The molecule has 0 bridgehead atoms. The number of hydrogen-bond donors (Lipinski definition) is 1. The summed E-state index contributed by atoms with van der Waals surface area (Å²) >= 11 is 0. The average molecular weight is 289 g/mol. The number of nitrogens with zero attached hydrogens (tertiary/aromatic N) is 3. The van der Waals surface area contributed by atoms with Crippen LogP contribution in [0.4, 0.5) is 0 Å². The Balaban J connectivity index is 2.89.